The third kappa shape index (κ3) is 2.81. The van der Waals surface area contributed by atoms with Crippen LogP contribution in [0.3, 0.4) is 0 Å². The molecule has 3 rings (SSSR count). The van der Waals surface area contributed by atoms with Gasteiger partial charge in [0.15, 0.2) is 12.0 Å². The first-order valence-electron chi connectivity index (χ1n) is 7.19. The first kappa shape index (κ1) is 14.9. The Labute approximate surface area is 149 Å². The summed E-state index contributed by atoms with van der Waals surface area (Å²) in [7, 11) is 0. The summed E-state index contributed by atoms with van der Waals surface area (Å²) in [4.78, 5) is 13.0. The number of benzene rings is 2. The smallest absolute Gasteiger partial charge is 0.197 e. The Morgan fingerprint density at radius 1 is 1.35 bits per heavy atom. The fourth-order valence-electron chi connectivity index (χ4n) is 2.36. The number of carbonyl (C=O) groups excluding carboxylic acids is 1. The van der Waals surface area contributed by atoms with Crippen LogP contribution in [0.25, 0.3) is 11.0 Å². The zero-order valence-corrected chi connectivity index (χ0v) is 15.0. The number of alkyl halides is 1. The van der Waals surface area contributed by atoms with Crippen molar-refractivity contribution in [3.63, 3.8) is 0 Å². The van der Waals surface area contributed by atoms with Crippen LogP contribution in [0, 0.1) is 0 Å². The summed E-state index contributed by atoms with van der Waals surface area (Å²) in [5, 5.41) is 10.2. The molecule has 2 aromatic carbocycles. The number of fused-ring (bicyclic) bond motifs is 1. The van der Waals surface area contributed by atoms with E-state index in [9.17, 15) is 14.3 Å². The number of para-hydroxylation sites is 1. The molecule has 6 heteroatoms. The van der Waals surface area contributed by atoms with E-state index < -0.39 is 12.0 Å². The number of hydrogen-bond acceptors (Lipinski definition) is 3. The lowest BCUT2D eigenvalue weighted by Crippen LogP contribution is -2.04. The molecule has 0 saturated carbocycles. The Morgan fingerprint density at radius 3 is 2.61 bits per heavy atom. The predicted octanol–water partition coefficient (Wildman–Crippen LogP) is 5.92. The largest absolute Gasteiger partial charge is 0.506 e. The second-order valence-corrected chi connectivity index (χ2v) is 6.71. The van der Waals surface area contributed by atoms with Gasteiger partial charge in [-0.1, -0.05) is 18.2 Å². The maximum Gasteiger partial charge on any atom is 0.197 e. The normalized spacial score (nSPS) is 13.1. The van der Waals surface area contributed by atoms with Gasteiger partial charge in [-0.05, 0) is 57.0 Å². The Kier molecular flexibility index (Phi) is 3.95. The molecule has 0 aliphatic carbocycles. The summed E-state index contributed by atoms with van der Waals surface area (Å²) >= 11 is 6.36. The van der Waals surface area contributed by atoms with Gasteiger partial charge in [0, 0.05) is 10.9 Å². The number of rotatable bonds is 3. The molecule has 3 aromatic rings. The molecule has 3 nitrogen and oxygen atoms in total. The maximum absolute atomic E-state index is 14.0. The fourth-order valence-corrected chi connectivity index (χ4v) is 3.54. The van der Waals surface area contributed by atoms with Crippen molar-refractivity contribution < 1.29 is 20.1 Å². The quantitative estimate of drug-likeness (QED) is 0.511. The summed E-state index contributed by atoms with van der Waals surface area (Å²) in [6.45, 7) is 1.29. The lowest BCUT2D eigenvalue weighted by atomic mass is 9.99. The number of halogens is 3. The van der Waals surface area contributed by atoms with E-state index in [-0.39, 0.29) is 28.7 Å². The second-order valence-electron chi connectivity index (χ2n) is 5.00. The van der Waals surface area contributed by atoms with E-state index in [1.807, 2.05) is 0 Å². The molecular weight excluding hydrogens is 431 g/mol. The van der Waals surface area contributed by atoms with Crippen molar-refractivity contribution in [1.82, 2.24) is 0 Å². The van der Waals surface area contributed by atoms with Gasteiger partial charge in [-0.3, -0.25) is 4.79 Å². The van der Waals surface area contributed by atoms with Crippen LogP contribution in [-0.2, 0) is 0 Å². The summed E-state index contributed by atoms with van der Waals surface area (Å²) in [6.07, 6.45) is -1.48. The molecule has 0 spiro atoms. The first-order chi connectivity index (χ1) is 11.3. The van der Waals surface area contributed by atoms with Crippen LogP contribution < -0.4 is 0 Å². The molecule has 0 aliphatic rings. The zero-order chi connectivity index (χ0) is 17.6. The number of hydrogen-bond donors (Lipinski definition) is 1. The van der Waals surface area contributed by atoms with E-state index >= 15 is 0 Å². The highest BCUT2D eigenvalue weighted by molar-refractivity contribution is 9.11. The van der Waals surface area contributed by atoms with Crippen molar-refractivity contribution in [3.8, 4) is 5.75 Å². The van der Waals surface area contributed by atoms with E-state index in [0.29, 0.717) is 19.9 Å². The Hall–Kier alpha value is -1.66. The summed E-state index contributed by atoms with van der Waals surface area (Å²) < 4.78 is 27.9. The van der Waals surface area contributed by atoms with E-state index in [1.54, 1.807) is 6.07 Å². The molecule has 0 radical (unpaired) electrons. The van der Waals surface area contributed by atoms with E-state index in [2.05, 4.69) is 31.9 Å². The average molecular weight is 443 g/mol. The van der Waals surface area contributed by atoms with Gasteiger partial charge in [0.1, 0.15) is 17.1 Å². The van der Waals surface area contributed by atoms with Crippen LogP contribution >= 0.6 is 31.9 Å². The van der Waals surface area contributed by atoms with Crippen molar-refractivity contribution in [2.24, 2.45) is 0 Å². The highest BCUT2D eigenvalue weighted by atomic mass is 79.9. The number of phenols is 1. The zero-order valence-electron chi connectivity index (χ0n) is 12.9. The van der Waals surface area contributed by atoms with Gasteiger partial charge >= 0.3 is 0 Å². The van der Waals surface area contributed by atoms with Crippen LogP contribution in [-0.4, -0.2) is 10.9 Å². The third-order valence-electron chi connectivity index (χ3n) is 3.43. The molecule has 1 aromatic heterocycles. The highest BCUT2D eigenvalue weighted by Gasteiger charge is 2.26. The molecule has 118 valence electrons. The third-order valence-corrected chi connectivity index (χ3v) is 4.64. The standard InChI is InChI=1S/C17H11Br2FO3/c1-8(20)17-14(10-4-2-3-5-13(10)23-17)15(21)9-6-11(18)16(22)12(19)7-9/h2-8,22H,1H3/i2D. The van der Waals surface area contributed by atoms with Crippen molar-refractivity contribution in [2.75, 3.05) is 0 Å². The number of ketones is 1. The lowest BCUT2D eigenvalue weighted by Gasteiger charge is -2.07. The highest BCUT2D eigenvalue weighted by Crippen LogP contribution is 2.37. The van der Waals surface area contributed by atoms with E-state index in [0.717, 1.165) is 0 Å². The van der Waals surface area contributed by atoms with Gasteiger partial charge in [0.25, 0.3) is 0 Å². The van der Waals surface area contributed by atoms with Crippen molar-refractivity contribution >= 4 is 48.6 Å². The number of carbonyl (C=O) groups is 1. The minimum atomic E-state index is -1.48. The molecule has 1 unspecified atom stereocenters. The first-order valence-corrected chi connectivity index (χ1v) is 8.28. The minimum absolute atomic E-state index is 0.0314. The van der Waals surface area contributed by atoms with Gasteiger partial charge in [-0.25, -0.2) is 4.39 Å². The van der Waals surface area contributed by atoms with E-state index in [4.69, 9.17) is 5.79 Å². The molecule has 0 amide bonds. The van der Waals surface area contributed by atoms with Crippen molar-refractivity contribution in [1.29, 1.82) is 0 Å². The van der Waals surface area contributed by atoms with Gasteiger partial charge in [0.2, 0.25) is 0 Å². The number of phenolic OH excluding ortho intramolecular Hbond substituents is 1. The van der Waals surface area contributed by atoms with Gasteiger partial charge in [-0.2, -0.15) is 0 Å². The van der Waals surface area contributed by atoms with Gasteiger partial charge in [0.05, 0.1) is 15.9 Å². The average Bonchev–Trinajstić information content (AvgIpc) is 2.90. The Balaban J connectivity index is 2.26. The Bertz CT molecular complexity index is 943. The molecule has 1 N–H and O–H groups in total. The van der Waals surface area contributed by atoms with Gasteiger partial charge in [-0.15, -0.1) is 0 Å². The number of aromatic hydroxyl groups is 1. The van der Waals surface area contributed by atoms with Crippen LogP contribution in [0.15, 0.2) is 49.7 Å². The molecule has 23 heavy (non-hydrogen) atoms. The van der Waals surface area contributed by atoms with Crippen LogP contribution in [0.2, 0.25) is 0 Å². The predicted molar refractivity (Wildman–Crippen MR) is 92.7 cm³/mol. The van der Waals surface area contributed by atoms with Gasteiger partial charge < -0.3 is 9.52 Å². The van der Waals surface area contributed by atoms with Crippen LogP contribution in [0.1, 0.15) is 36.1 Å². The SMILES string of the molecule is [2H]c1ccc2oc(C(C)F)c(C(=O)c3cc(Br)c(O)c(Br)c3)c2c1. The molecule has 0 aliphatic heterocycles. The molecule has 0 bridgehead atoms. The number of furan rings is 1. The van der Waals surface area contributed by atoms with E-state index in [1.165, 1.54) is 31.2 Å². The topological polar surface area (TPSA) is 50.4 Å². The van der Waals surface area contributed by atoms with Crippen molar-refractivity contribution in [3.05, 3.63) is 62.2 Å². The Morgan fingerprint density at radius 2 is 2.00 bits per heavy atom. The van der Waals surface area contributed by atoms with Crippen molar-refractivity contribution in [2.45, 2.75) is 13.1 Å². The summed E-state index contributed by atoms with van der Waals surface area (Å²) in [5.41, 5.74) is 0.705. The monoisotopic (exact) mass is 441 g/mol. The minimum Gasteiger partial charge on any atom is -0.506 e. The fraction of sp³-hybridized carbons (Fsp3) is 0.118. The molecule has 0 fully saturated rings. The molecule has 0 saturated heterocycles. The molecular formula is C17H11Br2FO3. The maximum atomic E-state index is 14.0. The lowest BCUT2D eigenvalue weighted by molar-refractivity contribution is 0.103. The molecule has 1 heterocycles. The molecule has 1 atom stereocenters. The van der Waals surface area contributed by atoms with Crippen LogP contribution in [0.5, 0.6) is 5.75 Å². The van der Waals surface area contributed by atoms with Crippen LogP contribution in [0.4, 0.5) is 4.39 Å². The second kappa shape index (κ2) is 6.09. The summed E-state index contributed by atoms with van der Waals surface area (Å²) in [6, 6.07) is 7.64. The summed E-state index contributed by atoms with van der Waals surface area (Å²) in [5.74, 6) is -0.544.